The topological polar surface area (TPSA) is 135 Å². The highest BCUT2D eigenvalue weighted by atomic mass is 16.7. The van der Waals surface area contributed by atoms with Gasteiger partial charge in [0.25, 0.3) is 5.91 Å². The van der Waals surface area contributed by atoms with Crippen LogP contribution in [0.25, 0.3) is 10.8 Å². The van der Waals surface area contributed by atoms with Gasteiger partial charge in [0.1, 0.15) is 11.6 Å². The number of nitrogens with one attached hydrogen (secondary N) is 1. The molecule has 232 valence electrons. The first kappa shape index (κ1) is 32.2. The summed E-state index contributed by atoms with van der Waals surface area (Å²) in [5.41, 5.74) is -0.745. The Morgan fingerprint density at radius 2 is 1.70 bits per heavy atom. The molecule has 0 spiro atoms. The second-order valence-corrected chi connectivity index (χ2v) is 12.4. The molecule has 3 aromatic rings. The lowest BCUT2D eigenvalue weighted by Gasteiger charge is -2.39. The van der Waals surface area contributed by atoms with E-state index >= 15 is 0 Å². The SMILES string of the molecule is CC(C)[C@H](NC(=O)c1ccc2ccccc2c1)C1=NOC(Cc2ccccc2)(N(C=O)[C@@H](CC(=O)OC(C)(C)C)C(=O)O)C1. The number of esters is 1. The van der Waals surface area contributed by atoms with Crippen molar-refractivity contribution in [1.29, 1.82) is 0 Å². The fourth-order valence-electron chi connectivity index (χ4n) is 5.39. The van der Waals surface area contributed by atoms with Gasteiger partial charge in [-0.2, -0.15) is 0 Å². The van der Waals surface area contributed by atoms with Crippen LogP contribution in [0.2, 0.25) is 0 Å². The number of rotatable bonds is 12. The fraction of sp³-hybridized carbons (Fsp3) is 0.382. The second kappa shape index (κ2) is 13.3. The standard InChI is InChI=1S/C34H39N3O7/c1-22(2)30(35-31(40)26-16-15-24-13-9-10-14-25(24)17-26)27-20-34(44-36-27,19-23-11-7-6-8-12-23)37(21-38)28(32(41)42)18-29(39)43-33(3,4)5/h6-17,21-22,28,30H,18-20H2,1-5H3,(H,35,40)(H,41,42)/t28-,30-,34?/m0/s1. The summed E-state index contributed by atoms with van der Waals surface area (Å²) in [7, 11) is 0. The van der Waals surface area contributed by atoms with Crippen LogP contribution in [0.3, 0.4) is 0 Å². The van der Waals surface area contributed by atoms with Crippen molar-refractivity contribution in [1.82, 2.24) is 10.2 Å². The zero-order valence-electron chi connectivity index (χ0n) is 25.7. The molecular formula is C34H39N3O7. The van der Waals surface area contributed by atoms with E-state index in [2.05, 4.69) is 10.5 Å². The van der Waals surface area contributed by atoms with Crippen LogP contribution in [0.15, 0.2) is 78.0 Å². The minimum Gasteiger partial charge on any atom is -0.480 e. The van der Waals surface area contributed by atoms with Crippen LogP contribution >= 0.6 is 0 Å². The van der Waals surface area contributed by atoms with Gasteiger partial charge in [0.15, 0.2) is 0 Å². The molecule has 0 aromatic heterocycles. The molecule has 4 rings (SSSR count). The zero-order chi connectivity index (χ0) is 32.1. The average Bonchev–Trinajstić information content (AvgIpc) is 3.38. The summed E-state index contributed by atoms with van der Waals surface area (Å²) >= 11 is 0. The van der Waals surface area contributed by atoms with Crippen molar-refractivity contribution in [3.63, 3.8) is 0 Å². The van der Waals surface area contributed by atoms with Gasteiger partial charge in [0.05, 0.1) is 24.6 Å². The normalized spacial score (nSPS) is 17.7. The van der Waals surface area contributed by atoms with Crippen molar-refractivity contribution < 1.29 is 33.9 Å². The van der Waals surface area contributed by atoms with Crippen LogP contribution in [0.4, 0.5) is 0 Å². The maximum absolute atomic E-state index is 13.4. The molecule has 10 heteroatoms. The van der Waals surface area contributed by atoms with E-state index in [0.29, 0.717) is 17.7 Å². The van der Waals surface area contributed by atoms with Crippen molar-refractivity contribution in [3.05, 3.63) is 83.9 Å². The largest absolute Gasteiger partial charge is 0.480 e. The summed E-state index contributed by atoms with van der Waals surface area (Å²) in [5.74, 6) is -2.60. The highest BCUT2D eigenvalue weighted by molar-refractivity contribution is 6.02. The van der Waals surface area contributed by atoms with Gasteiger partial charge in [-0.25, -0.2) is 4.79 Å². The van der Waals surface area contributed by atoms with Gasteiger partial charge in [-0.3, -0.25) is 19.3 Å². The molecule has 0 aliphatic carbocycles. The molecule has 0 saturated heterocycles. The van der Waals surface area contributed by atoms with E-state index in [4.69, 9.17) is 9.57 Å². The van der Waals surface area contributed by atoms with Crippen LogP contribution in [0.1, 0.15) is 63.4 Å². The van der Waals surface area contributed by atoms with Crippen molar-refractivity contribution >= 4 is 40.7 Å². The summed E-state index contributed by atoms with van der Waals surface area (Å²) in [5, 5.41) is 19.5. The minimum absolute atomic E-state index is 0.000417. The number of carbonyl (C=O) groups excluding carboxylic acids is 3. The Kier molecular flexibility index (Phi) is 9.71. The molecule has 0 saturated carbocycles. The molecular weight excluding hydrogens is 562 g/mol. The van der Waals surface area contributed by atoms with Crippen molar-refractivity contribution in [2.45, 2.75) is 77.3 Å². The first-order chi connectivity index (χ1) is 20.8. The van der Waals surface area contributed by atoms with E-state index in [1.54, 1.807) is 26.8 Å². The van der Waals surface area contributed by atoms with Gasteiger partial charge in [0, 0.05) is 12.0 Å². The van der Waals surface area contributed by atoms with Crippen LogP contribution in [0, 0.1) is 5.92 Å². The maximum atomic E-state index is 13.4. The summed E-state index contributed by atoms with van der Waals surface area (Å²) < 4.78 is 5.37. The zero-order valence-corrected chi connectivity index (χ0v) is 25.7. The van der Waals surface area contributed by atoms with Gasteiger partial charge in [-0.1, -0.05) is 79.7 Å². The quantitative estimate of drug-likeness (QED) is 0.222. The van der Waals surface area contributed by atoms with E-state index in [9.17, 15) is 24.3 Å². The van der Waals surface area contributed by atoms with E-state index in [0.717, 1.165) is 21.2 Å². The number of amides is 2. The average molecular weight is 602 g/mol. The molecule has 1 heterocycles. The molecule has 0 bridgehead atoms. The first-order valence-corrected chi connectivity index (χ1v) is 14.6. The lowest BCUT2D eigenvalue weighted by atomic mass is 9.88. The number of ether oxygens (including phenoxy) is 1. The van der Waals surface area contributed by atoms with E-state index in [1.807, 2.05) is 80.6 Å². The number of oxime groups is 1. The molecule has 1 aliphatic rings. The van der Waals surface area contributed by atoms with Gasteiger partial charge < -0.3 is 20.0 Å². The smallest absolute Gasteiger partial charge is 0.327 e. The van der Waals surface area contributed by atoms with Crippen molar-refractivity contribution in [3.8, 4) is 0 Å². The number of carboxylic acid groups (broad SMARTS) is 1. The van der Waals surface area contributed by atoms with E-state index in [1.165, 1.54) is 0 Å². The molecule has 2 N–H and O–H groups in total. The highest BCUT2D eigenvalue weighted by Crippen LogP contribution is 2.35. The molecule has 2 amide bonds. The monoisotopic (exact) mass is 601 g/mol. The number of carbonyl (C=O) groups is 4. The number of fused-ring (bicyclic) bond motifs is 1. The molecule has 10 nitrogen and oxygen atoms in total. The number of hydrogen-bond acceptors (Lipinski definition) is 7. The van der Waals surface area contributed by atoms with E-state index in [-0.39, 0.29) is 24.7 Å². The summed E-state index contributed by atoms with van der Waals surface area (Å²) in [4.78, 5) is 58.4. The number of carboxylic acids is 1. The Hall–Kier alpha value is -4.73. The van der Waals surface area contributed by atoms with Gasteiger partial charge in [0.2, 0.25) is 12.1 Å². The van der Waals surface area contributed by atoms with Gasteiger partial charge in [-0.05, 0) is 55.2 Å². The maximum Gasteiger partial charge on any atom is 0.327 e. The lowest BCUT2D eigenvalue weighted by Crippen LogP contribution is -2.58. The third-order valence-electron chi connectivity index (χ3n) is 7.42. The lowest BCUT2D eigenvalue weighted by molar-refractivity contribution is -0.182. The Bertz CT molecular complexity index is 1550. The predicted molar refractivity (Wildman–Crippen MR) is 166 cm³/mol. The number of hydrogen-bond donors (Lipinski definition) is 2. The summed E-state index contributed by atoms with van der Waals surface area (Å²) in [6, 6.07) is 20.2. The van der Waals surface area contributed by atoms with Crippen LogP contribution < -0.4 is 5.32 Å². The Morgan fingerprint density at radius 3 is 2.32 bits per heavy atom. The Morgan fingerprint density at radius 1 is 1.05 bits per heavy atom. The van der Waals surface area contributed by atoms with Crippen LogP contribution in [-0.2, 0) is 30.4 Å². The minimum atomic E-state index is -1.59. The third-order valence-corrected chi connectivity index (χ3v) is 7.42. The van der Waals surface area contributed by atoms with Crippen LogP contribution in [-0.4, -0.2) is 63.4 Å². The molecule has 0 radical (unpaired) electrons. The second-order valence-electron chi connectivity index (χ2n) is 12.4. The van der Waals surface area contributed by atoms with Crippen LogP contribution in [0.5, 0.6) is 0 Å². The molecule has 1 aliphatic heterocycles. The molecule has 44 heavy (non-hydrogen) atoms. The number of aliphatic carboxylic acids is 1. The Balaban J connectivity index is 1.64. The first-order valence-electron chi connectivity index (χ1n) is 14.6. The van der Waals surface area contributed by atoms with Crippen molar-refractivity contribution in [2.75, 3.05) is 0 Å². The van der Waals surface area contributed by atoms with Crippen molar-refractivity contribution in [2.24, 2.45) is 11.1 Å². The molecule has 0 fully saturated rings. The number of benzene rings is 3. The van der Waals surface area contributed by atoms with Gasteiger partial charge >= 0.3 is 11.9 Å². The third kappa shape index (κ3) is 7.61. The van der Waals surface area contributed by atoms with Gasteiger partial charge in [-0.15, -0.1) is 0 Å². The highest BCUT2D eigenvalue weighted by Gasteiger charge is 2.51. The summed E-state index contributed by atoms with van der Waals surface area (Å²) in [6.07, 6.45) is -0.129. The Labute approximate surface area is 257 Å². The predicted octanol–water partition coefficient (Wildman–Crippen LogP) is 4.95. The summed E-state index contributed by atoms with van der Waals surface area (Å²) in [6.45, 7) is 8.87. The van der Waals surface area contributed by atoms with E-state index < -0.39 is 41.8 Å². The fourth-order valence-corrected chi connectivity index (χ4v) is 5.39. The molecule has 3 atom stereocenters. The number of nitrogens with zero attached hydrogens (tertiary/aromatic N) is 2. The molecule has 3 aromatic carbocycles. The molecule has 1 unspecified atom stereocenters.